The average molecular weight is 420 g/mol. The molecule has 0 saturated carbocycles. The van der Waals surface area contributed by atoms with Gasteiger partial charge in [-0.3, -0.25) is 9.59 Å². The number of hydrogen-bond donors (Lipinski definition) is 0. The third-order valence-corrected chi connectivity index (χ3v) is 5.74. The number of aromatic nitrogens is 1. The van der Waals surface area contributed by atoms with Crippen molar-refractivity contribution in [1.29, 1.82) is 0 Å². The lowest BCUT2D eigenvalue weighted by molar-refractivity contribution is -0.143. The van der Waals surface area contributed by atoms with Crippen LogP contribution in [-0.4, -0.2) is 30.2 Å². The van der Waals surface area contributed by atoms with Crippen LogP contribution in [0.2, 0.25) is 0 Å². The first-order chi connectivity index (χ1) is 14.6. The van der Waals surface area contributed by atoms with E-state index < -0.39 is 5.91 Å². The van der Waals surface area contributed by atoms with Crippen LogP contribution in [0.3, 0.4) is 0 Å². The molecule has 1 aromatic heterocycles. The second-order valence-corrected chi connectivity index (χ2v) is 7.57. The number of para-hydroxylation sites is 1. The number of hydrogen-bond acceptors (Lipinski definition) is 5. The van der Waals surface area contributed by atoms with E-state index in [-0.39, 0.29) is 12.5 Å². The highest BCUT2D eigenvalue weighted by Gasteiger charge is 2.16. The van der Waals surface area contributed by atoms with E-state index in [0.29, 0.717) is 22.7 Å². The Kier molecular flexibility index (Phi) is 5.63. The quantitative estimate of drug-likeness (QED) is 0.455. The molecule has 7 heteroatoms. The van der Waals surface area contributed by atoms with Gasteiger partial charge in [0.15, 0.2) is 4.80 Å². The lowest BCUT2D eigenvalue weighted by Gasteiger charge is -2.08. The monoisotopic (exact) mass is 420 g/mol. The predicted molar refractivity (Wildman–Crippen MR) is 117 cm³/mol. The molecule has 4 rings (SSSR count). The molecule has 1 heterocycles. The zero-order chi connectivity index (χ0) is 21.1. The normalized spacial score (nSPS) is 11.7. The van der Waals surface area contributed by atoms with Gasteiger partial charge in [-0.15, -0.1) is 0 Å². The molecule has 0 radical (unpaired) electrons. The maximum Gasteiger partial charge on any atom is 0.326 e. The van der Waals surface area contributed by atoms with Crippen molar-refractivity contribution in [2.24, 2.45) is 4.99 Å². The Balaban J connectivity index is 1.84. The maximum atomic E-state index is 13.1. The van der Waals surface area contributed by atoms with Crippen LogP contribution in [0.1, 0.15) is 17.3 Å². The summed E-state index contributed by atoms with van der Waals surface area (Å²) in [6.07, 6.45) is 0. The number of benzene rings is 3. The molecule has 0 aliphatic carbocycles. The summed E-state index contributed by atoms with van der Waals surface area (Å²) >= 11 is 1.35. The molecule has 0 aliphatic rings. The molecule has 152 valence electrons. The number of ether oxygens (including phenoxy) is 2. The minimum absolute atomic E-state index is 0.0151. The van der Waals surface area contributed by atoms with Crippen molar-refractivity contribution in [2.75, 3.05) is 13.7 Å². The van der Waals surface area contributed by atoms with E-state index in [2.05, 4.69) is 4.99 Å². The highest BCUT2D eigenvalue weighted by Crippen LogP contribution is 2.26. The zero-order valence-corrected chi connectivity index (χ0v) is 17.4. The third kappa shape index (κ3) is 3.84. The lowest BCUT2D eigenvalue weighted by atomic mass is 10.1. The molecule has 0 unspecified atom stereocenters. The van der Waals surface area contributed by atoms with Crippen LogP contribution in [0.4, 0.5) is 0 Å². The summed E-state index contributed by atoms with van der Waals surface area (Å²) in [6, 6.07) is 19.0. The van der Waals surface area contributed by atoms with E-state index in [1.165, 1.54) is 18.4 Å². The smallest absolute Gasteiger partial charge is 0.326 e. The Morgan fingerprint density at radius 3 is 2.47 bits per heavy atom. The first-order valence-corrected chi connectivity index (χ1v) is 10.3. The van der Waals surface area contributed by atoms with Crippen molar-refractivity contribution in [2.45, 2.75) is 13.5 Å². The predicted octanol–water partition coefficient (Wildman–Crippen LogP) is 4.17. The molecule has 6 nitrogen and oxygen atoms in total. The van der Waals surface area contributed by atoms with Crippen LogP contribution < -0.4 is 9.54 Å². The Morgan fingerprint density at radius 1 is 1.03 bits per heavy atom. The van der Waals surface area contributed by atoms with Crippen LogP contribution >= 0.6 is 11.3 Å². The lowest BCUT2D eigenvalue weighted by Crippen LogP contribution is -2.23. The molecule has 3 aromatic carbocycles. The summed E-state index contributed by atoms with van der Waals surface area (Å²) in [6.45, 7) is 2.04. The Hall–Kier alpha value is -3.45. The highest BCUT2D eigenvalue weighted by molar-refractivity contribution is 7.16. The van der Waals surface area contributed by atoms with E-state index >= 15 is 0 Å². The molecule has 30 heavy (non-hydrogen) atoms. The fourth-order valence-corrected chi connectivity index (χ4v) is 4.32. The number of fused-ring (bicyclic) bond motifs is 2. The molecule has 0 spiro atoms. The molecular formula is C23H20N2O4S. The third-order valence-electron chi connectivity index (χ3n) is 4.68. The second kappa shape index (κ2) is 8.51. The van der Waals surface area contributed by atoms with Gasteiger partial charge in [0, 0.05) is 0 Å². The number of carbonyl (C=O) groups excluding carboxylic acids is 2. The van der Waals surface area contributed by atoms with Crippen molar-refractivity contribution in [1.82, 2.24) is 4.57 Å². The molecule has 0 aliphatic heterocycles. The van der Waals surface area contributed by atoms with Gasteiger partial charge < -0.3 is 14.0 Å². The Morgan fingerprint density at radius 2 is 1.73 bits per heavy atom. The van der Waals surface area contributed by atoms with E-state index in [0.717, 1.165) is 21.0 Å². The average Bonchev–Trinajstić information content (AvgIpc) is 3.09. The number of thiazole rings is 1. The van der Waals surface area contributed by atoms with Gasteiger partial charge in [0.05, 0.1) is 29.5 Å². The molecular weight excluding hydrogens is 400 g/mol. The fraction of sp³-hybridized carbons (Fsp3) is 0.174. The minimum atomic E-state index is -0.429. The molecule has 4 aromatic rings. The number of carbonyl (C=O) groups is 2. The fourth-order valence-electron chi connectivity index (χ4n) is 3.30. The van der Waals surface area contributed by atoms with Crippen LogP contribution in [0.25, 0.3) is 21.0 Å². The summed E-state index contributed by atoms with van der Waals surface area (Å²) in [7, 11) is 1.53. The molecule has 0 bridgehead atoms. The minimum Gasteiger partial charge on any atom is -0.496 e. The highest BCUT2D eigenvalue weighted by atomic mass is 32.1. The molecule has 0 saturated heterocycles. The molecule has 0 atom stereocenters. The SMILES string of the molecule is CCOC(=O)Cn1c(=NC(=O)c2cc3ccccc3cc2OC)sc2ccccc21. The van der Waals surface area contributed by atoms with Gasteiger partial charge >= 0.3 is 5.97 Å². The van der Waals surface area contributed by atoms with Gasteiger partial charge in [-0.1, -0.05) is 47.7 Å². The summed E-state index contributed by atoms with van der Waals surface area (Å²) in [5.74, 6) is -0.347. The van der Waals surface area contributed by atoms with Gasteiger partial charge in [-0.25, -0.2) is 0 Å². The largest absolute Gasteiger partial charge is 0.496 e. The van der Waals surface area contributed by atoms with Crippen molar-refractivity contribution in [3.05, 3.63) is 71.0 Å². The number of nitrogens with zero attached hydrogens (tertiary/aromatic N) is 2. The summed E-state index contributed by atoms with van der Waals surface area (Å²) in [5.41, 5.74) is 1.20. The maximum absolute atomic E-state index is 13.1. The van der Waals surface area contributed by atoms with Crippen LogP contribution in [-0.2, 0) is 16.1 Å². The summed E-state index contributed by atoms with van der Waals surface area (Å²) in [5, 5.41) is 1.90. The number of methoxy groups -OCH3 is 1. The van der Waals surface area contributed by atoms with Crippen molar-refractivity contribution < 1.29 is 19.1 Å². The first-order valence-electron chi connectivity index (χ1n) is 9.50. The van der Waals surface area contributed by atoms with Crippen molar-refractivity contribution in [3.63, 3.8) is 0 Å². The first kappa shape index (κ1) is 19.8. The van der Waals surface area contributed by atoms with E-state index in [1.807, 2.05) is 54.6 Å². The Bertz CT molecular complexity index is 1320. The number of esters is 1. The molecule has 1 amide bonds. The van der Waals surface area contributed by atoms with Gasteiger partial charge in [-0.05, 0) is 42.0 Å². The zero-order valence-electron chi connectivity index (χ0n) is 16.6. The second-order valence-electron chi connectivity index (χ2n) is 6.56. The number of rotatable bonds is 5. The van der Waals surface area contributed by atoms with E-state index in [9.17, 15) is 9.59 Å². The number of amides is 1. The van der Waals surface area contributed by atoms with Gasteiger partial charge in [-0.2, -0.15) is 4.99 Å². The van der Waals surface area contributed by atoms with E-state index in [1.54, 1.807) is 17.6 Å². The van der Waals surface area contributed by atoms with Crippen LogP contribution in [0.5, 0.6) is 5.75 Å². The summed E-state index contributed by atoms with van der Waals surface area (Å²) in [4.78, 5) is 30.0. The molecule has 0 N–H and O–H groups in total. The molecule has 0 fully saturated rings. The standard InChI is InChI=1S/C23H20N2O4S/c1-3-29-21(26)14-25-18-10-6-7-11-20(18)30-23(25)24-22(27)17-12-15-8-4-5-9-16(15)13-19(17)28-2/h4-13H,3,14H2,1-2H3. The van der Waals surface area contributed by atoms with Gasteiger partial charge in [0.25, 0.3) is 5.91 Å². The van der Waals surface area contributed by atoms with Crippen molar-refractivity contribution >= 4 is 44.2 Å². The van der Waals surface area contributed by atoms with Gasteiger partial charge in [0.2, 0.25) is 0 Å². The topological polar surface area (TPSA) is 69.9 Å². The Labute approximate surface area is 177 Å². The van der Waals surface area contributed by atoms with Gasteiger partial charge in [0.1, 0.15) is 12.3 Å². The van der Waals surface area contributed by atoms with Crippen molar-refractivity contribution in [3.8, 4) is 5.75 Å². The van der Waals surface area contributed by atoms with Crippen LogP contribution in [0.15, 0.2) is 65.7 Å². The van der Waals surface area contributed by atoms with E-state index in [4.69, 9.17) is 9.47 Å². The van der Waals surface area contributed by atoms with Crippen LogP contribution in [0, 0.1) is 0 Å². The summed E-state index contributed by atoms with van der Waals surface area (Å²) < 4.78 is 13.2.